The van der Waals surface area contributed by atoms with Gasteiger partial charge in [-0.25, -0.2) is 14.8 Å². The molecular formula is C29H43N5O3S. The summed E-state index contributed by atoms with van der Waals surface area (Å²) in [6, 6.07) is 4.33. The van der Waals surface area contributed by atoms with Crippen LogP contribution in [0.1, 0.15) is 71.4 Å². The van der Waals surface area contributed by atoms with Gasteiger partial charge >= 0.3 is 6.09 Å². The van der Waals surface area contributed by atoms with Crippen molar-refractivity contribution in [2.24, 2.45) is 0 Å². The molecule has 2 aliphatic rings. The smallest absolute Gasteiger partial charge is 0.407 e. The van der Waals surface area contributed by atoms with Crippen LogP contribution in [0.3, 0.4) is 0 Å². The lowest BCUT2D eigenvalue weighted by atomic mass is 9.71. The van der Waals surface area contributed by atoms with Gasteiger partial charge in [-0.2, -0.15) is 11.8 Å². The van der Waals surface area contributed by atoms with E-state index in [-0.39, 0.29) is 23.7 Å². The number of anilines is 2. The van der Waals surface area contributed by atoms with Crippen LogP contribution in [0.25, 0.3) is 11.3 Å². The molecule has 9 heteroatoms. The Kier molecular flexibility index (Phi) is 8.35. The van der Waals surface area contributed by atoms with Gasteiger partial charge in [0.1, 0.15) is 23.5 Å². The molecule has 2 aliphatic carbocycles. The number of hydrogen-bond acceptors (Lipinski definition) is 8. The van der Waals surface area contributed by atoms with Crippen molar-refractivity contribution >= 4 is 29.4 Å². The van der Waals surface area contributed by atoms with Crippen LogP contribution in [0.2, 0.25) is 0 Å². The quantitative estimate of drug-likeness (QED) is 0.469. The molecule has 1 amide bonds. The normalized spacial score (nSPS) is 20.2. The van der Waals surface area contributed by atoms with Crippen LogP contribution in [-0.2, 0) is 16.6 Å². The van der Waals surface area contributed by atoms with Crippen molar-refractivity contribution in [3.8, 4) is 17.0 Å². The van der Waals surface area contributed by atoms with Crippen LogP contribution in [0.5, 0.6) is 5.75 Å². The number of aromatic nitrogens is 2. The van der Waals surface area contributed by atoms with E-state index >= 15 is 0 Å². The lowest BCUT2D eigenvalue weighted by Gasteiger charge is -2.38. The molecule has 4 rings (SSSR count). The monoisotopic (exact) mass is 541 g/mol. The summed E-state index contributed by atoms with van der Waals surface area (Å²) in [6.07, 6.45) is 7.76. The molecule has 2 aromatic rings. The number of thioether (sulfide) groups is 1. The van der Waals surface area contributed by atoms with Gasteiger partial charge in [0, 0.05) is 36.5 Å². The number of benzene rings is 1. The predicted molar refractivity (Wildman–Crippen MR) is 156 cm³/mol. The first kappa shape index (κ1) is 28.3. The maximum Gasteiger partial charge on any atom is 0.407 e. The van der Waals surface area contributed by atoms with Gasteiger partial charge in [0.25, 0.3) is 0 Å². The molecule has 1 saturated carbocycles. The molecule has 0 bridgehead atoms. The Morgan fingerprint density at radius 2 is 1.92 bits per heavy atom. The fourth-order valence-electron chi connectivity index (χ4n) is 5.65. The predicted octanol–water partition coefficient (Wildman–Crippen LogP) is 5.57. The Morgan fingerprint density at radius 3 is 2.58 bits per heavy atom. The van der Waals surface area contributed by atoms with E-state index in [0.29, 0.717) is 5.82 Å². The summed E-state index contributed by atoms with van der Waals surface area (Å²) in [6.45, 7) is 11.0. The van der Waals surface area contributed by atoms with Crippen molar-refractivity contribution in [1.29, 1.82) is 0 Å². The second-order valence-electron chi connectivity index (χ2n) is 12.1. The molecule has 0 saturated heterocycles. The van der Waals surface area contributed by atoms with Crippen LogP contribution in [0.15, 0.2) is 18.5 Å². The molecule has 0 unspecified atom stereocenters. The number of carbonyl (C=O) groups excluding carboxylic acids is 1. The number of amides is 1. The highest BCUT2D eigenvalue weighted by molar-refractivity contribution is 7.98. The van der Waals surface area contributed by atoms with Gasteiger partial charge < -0.3 is 25.4 Å². The second-order valence-corrected chi connectivity index (χ2v) is 13.1. The van der Waals surface area contributed by atoms with Gasteiger partial charge in [-0.3, -0.25) is 0 Å². The van der Waals surface area contributed by atoms with E-state index in [4.69, 9.17) is 15.2 Å². The van der Waals surface area contributed by atoms with Gasteiger partial charge in [-0.1, -0.05) is 13.8 Å². The van der Waals surface area contributed by atoms with Crippen LogP contribution in [-0.4, -0.2) is 59.4 Å². The van der Waals surface area contributed by atoms with E-state index in [1.54, 1.807) is 6.33 Å². The van der Waals surface area contributed by atoms with E-state index in [2.05, 4.69) is 59.5 Å². The summed E-state index contributed by atoms with van der Waals surface area (Å²) < 4.78 is 12.2. The van der Waals surface area contributed by atoms with Crippen LogP contribution >= 0.6 is 11.8 Å². The molecule has 1 fully saturated rings. The van der Waals surface area contributed by atoms with Crippen LogP contribution in [0, 0.1) is 0 Å². The Balaban J connectivity index is 1.58. The number of alkyl carbamates (subject to hydrolysis) is 1. The first-order chi connectivity index (χ1) is 17.9. The van der Waals surface area contributed by atoms with E-state index in [1.807, 2.05) is 32.5 Å². The molecule has 38 heavy (non-hydrogen) atoms. The SMILES string of the molecule is CSCCN(C)c1c(O[C@H]2CC[C@@H](NC(=O)OC(C)(C)C)CC2)ccc2c1CC(C)(C)c1c(N)ncnc1-2. The topological polar surface area (TPSA) is 103 Å². The molecule has 0 radical (unpaired) electrons. The second kappa shape index (κ2) is 11.2. The Bertz CT molecular complexity index is 1160. The standard InChI is InChI=1S/C29H43N5O3S/c1-28(2,3)37-27(35)33-18-8-10-19(11-9-18)36-22-13-12-20-21(25(22)34(6)14-15-38-7)16-29(4,5)23-24(20)31-17-32-26(23)30/h12-13,17-19H,8-11,14-16H2,1-7H3,(H,33,35)(H2,30,31,32)/t18-,19+. The minimum absolute atomic E-state index is 0.0966. The van der Waals surface area contributed by atoms with Gasteiger partial charge in [0.15, 0.2) is 0 Å². The maximum atomic E-state index is 12.2. The molecule has 3 N–H and O–H groups in total. The number of nitrogen functional groups attached to an aromatic ring is 1. The van der Waals surface area contributed by atoms with Crippen molar-refractivity contribution in [3.63, 3.8) is 0 Å². The summed E-state index contributed by atoms with van der Waals surface area (Å²) in [5.41, 5.74) is 11.1. The zero-order valence-corrected chi connectivity index (χ0v) is 24.7. The number of hydrogen-bond donors (Lipinski definition) is 2. The van der Waals surface area contributed by atoms with Gasteiger partial charge in [-0.05, 0) is 82.2 Å². The average Bonchev–Trinajstić information content (AvgIpc) is 2.82. The fourth-order valence-corrected chi connectivity index (χ4v) is 6.11. The zero-order valence-electron chi connectivity index (χ0n) is 23.9. The van der Waals surface area contributed by atoms with Crippen molar-refractivity contribution in [2.75, 3.05) is 36.2 Å². The third-order valence-corrected chi connectivity index (χ3v) is 7.97. The number of fused-ring (bicyclic) bond motifs is 3. The van der Waals surface area contributed by atoms with E-state index in [9.17, 15) is 4.79 Å². The first-order valence-electron chi connectivity index (χ1n) is 13.5. The van der Waals surface area contributed by atoms with E-state index in [1.165, 1.54) is 5.56 Å². The molecule has 0 spiro atoms. The summed E-state index contributed by atoms with van der Waals surface area (Å²) in [4.78, 5) is 23.5. The third kappa shape index (κ3) is 6.30. The number of nitrogens with one attached hydrogen (secondary N) is 1. The molecular weight excluding hydrogens is 498 g/mol. The van der Waals surface area contributed by atoms with Crippen molar-refractivity contribution in [2.45, 2.75) is 89.9 Å². The molecule has 1 aromatic heterocycles. The Hall–Kier alpha value is -2.68. The zero-order chi connectivity index (χ0) is 27.7. The number of nitrogens with zero attached hydrogens (tertiary/aromatic N) is 3. The molecule has 208 valence electrons. The number of rotatable bonds is 7. The minimum Gasteiger partial charge on any atom is -0.488 e. The summed E-state index contributed by atoms with van der Waals surface area (Å²) in [7, 11) is 2.15. The number of ether oxygens (including phenoxy) is 2. The highest BCUT2D eigenvalue weighted by atomic mass is 32.2. The minimum atomic E-state index is -0.498. The van der Waals surface area contributed by atoms with Gasteiger partial charge in [-0.15, -0.1) is 0 Å². The third-order valence-electron chi connectivity index (χ3n) is 7.37. The molecule has 1 aromatic carbocycles. The largest absolute Gasteiger partial charge is 0.488 e. The lowest BCUT2D eigenvalue weighted by molar-refractivity contribution is 0.0471. The maximum absolute atomic E-state index is 12.2. The van der Waals surface area contributed by atoms with Gasteiger partial charge in [0.2, 0.25) is 0 Å². The molecule has 8 nitrogen and oxygen atoms in total. The average molecular weight is 542 g/mol. The van der Waals surface area contributed by atoms with Crippen molar-refractivity contribution < 1.29 is 14.3 Å². The molecule has 0 atom stereocenters. The van der Waals surface area contributed by atoms with Crippen molar-refractivity contribution in [1.82, 2.24) is 15.3 Å². The first-order valence-corrected chi connectivity index (χ1v) is 14.9. The Morgan fingerprint density at radius 1 is 1.21 bits per heavy atom. The summed E-state index contributed by atoms with van der Waals surface area (Å²) >= 11 is 1.84. The highest BCUT2D eigenvalue weighted by Crippen LogP contribution is 2.49. The molecule has 0 aliphatic heterocycles. The summed E-state index contributed by atoms with van der Waals surface area (Å²) in [5.74, 6) is 2.49. The fraction of sp³-hybridized carbons (Fsp3) is 0.621. The highest BCUT2D eigenvalue weighted by Gasteiger charge is 2.37. The van der Waals surface area contributed by atoms with Crippen LogP contribution < -0.4 is 20.7 Å². The lowest BCUT2D eigenvalue weighted by Crippen LogP contribution is -2.42. The van der Waals surface area contributed by atoms with E-state index < -0.39 is 5.60 Å². The van der Waals surface area contributed by atoms with Crippen LogP contribution in [0.4, 0.5) is 16.3 Å². The summed E-state index contributed by atoms with van der Waals surface area (Å²) in [5, 5.41) is 3.03. The van der Waals surface area contributed by atoms with Crippen molar-refractivity contribution in [3.05, 3.63) is 29.6 Å². The Labute approximate surface area is 231 Å². The van der Waals surface area contributed by atoms with E-state index in [0.717, 1.165) is 72.7 Å². The number of nitrogens with two attached hydrogens (primary N) is 1. The molecule has 1 heterocycles. The number of carbonyl (C=O) groups is 1. The van der Waals surface area contributed by atoms with Gasteiger partial charge in [0.05, 0.1) is 17.5 Å².